The number of carbonyl (C=O) groups is 2. The third-order valence-corrected chi connectivity index (χ3v) is 5.29. The molecule has 0 unspecified atom stereocenters. The van der Waals surface area contributed by atoms with Crippen LogP contribution in [0.5, 0.6) is 0 Å². The van der Waals surface area contributed by atoms with E-state index >= 15 is 0 Å². The second kappa shape index (κ2) is 7.18. The molecule has 2 aromatic rings. The first-order valence-corrected chi connectivity index (χ1v) is 9.48. The van der Waals surface area contributed by atoms with Crippen LogP contribution in [-0.4, -0.2) is 33.8 Å². The number of hydrogen-bond acceptors (Lipinski definition) is 2. The second-order valence-electron chi connectivity index (χ2n) is 8.33. The van der Waals surface area contributed by atoms with Crippen molar-refractivity contribution in [3.8, 4) is 0 Å². The fourth-order valence-electron chi connectivity index (χ4n) is 3.95. The molecule has 0 aromatic heterocycles. The number of carbonyl (C=O) groups excluding carboxylic acids is 2. The zero-order valence-corrected chi connectivity index (χ0v) is 16.7. The lowest BCUT2D eigenvalue weighted by Crippen LogP contribution is -2.51. The maximum atomic E-state index is 13.3. The van der Waals surface area contributed by atoms with Gasteiger partial charge in [-0.25, -0.2) is 0 Å². The van der Waals surface area contributed by atoms with Crippen molar-refractivity contribution >= 4 is 11.8 Å². The van der Waals surface area contributed by atoms with Gasteiger partial charge in [-0.3, -0.25) is 9.59 Å². The van der Waals surface area contributed by atoms with Crippen molar-refractivity contribution in [2.45, 2.75) is 52.9 Å². The number of rotatable bonds is 3. The third-order valence-electron chi connectivity index (χ3n) is 5.29. The van der Waals surface area contributed by atoms with Crippen LogP contribution < -0.4 is 0 Å². The highest BCUT2D eigenvalue weighted by Crippen LogP contribution is 2.40. The van der Waals surface area contributed by atoms with Crippen molar-refractivity contribution in [1.29, 1.82) is 0 Å². The van der Waals surface area contributed by atoms with E-state index in [1.54, 1.807) is 4.90 Å². The lowest BCUT2D eigenvalue weighted by molar-refractivity contribution is -0.133. The van der Waals surface area contributed by atoms with Crippen LogP contribution in [0, 0.1) is 5.41 Å². The van der Waals surface area contributed by atoms with E-state index in [0.717, 1.165) is 5.56 Å². The van der Waals surface area contributed by atoms with Crippen LogP contribution >= 0.6 is 0 Å². The molecule has 3 atom stereocenters. The molecule has 1 saturated heterocycles. The van der Waals surface area contributed by atoms with E-state index in [1.807, 2.05) is 79.4 Å². The summed E-state index contributed by atoms with van der Waals surface area (Å²) in [5, 5.41) is 0. The van der Waals surface area contributed by atoms with E-state index in [-0.39, 0.29) is 29.4 Å². The number of benzene rings is 2. The van der Waals surface area contributed by atoms with Crippen LogP contribution in [0.25, 0.3) is 0 Å². The summed E-state index contributed by atoms with van der Waals surface area (Å²) >= 11 is 0. The van der Waals surface area contributed by atoms with Crippen LogP contribution in [-0.2, 0) is 4.79 Å². The van der Waals surface area contributed by atoms with Crippen LogP contribution in [0.4, 0.5) is 0 Å². The molecule has 2 aromatic carbocycles. The molecule has 1 aliphatic rings. The molecule has 3 rings (SSSR count). The maximum Gasteiger partial charge on any atom is 0.256 e. The van der Waals surface area contributed by atoms with Crippen LogP contribution in [0.3, 0.4) is 0 Å². The molecule has 4 heteroatoms. The topological polar surface area (TPSA) is 40.6 Å². The van der Waals surface area contributed by atoms with Gasteiger partial charge < -0.3 is 9.80 Å². The molecule has 0 spiro atoms. The van der Waals surface area contributed by atoms with Gasteiger partial charge in [-0.05, 0) is 31.5 Å². The second-order valence-corrected chi connectivity index (χ2v) is 8.33. The van der Waals surface area contributed by atoms with Gasteiger partial charge in [0.2, 0.25) is 5.91 Å². The standard InChI is InChI=1S/C23H28N2O2/c1-16(18-12-8-6-9-13-18)24-20(26)17(2)25(22(24)23(3,4)5)21(27)19-14-10-7-11-15-19/h6-17,22H,1-5H3/t16-,17+,22+/m0/s1. The van der Waals surface area contributed by atoms with Gasteiger partial charge in [-0.2, -0.15) is 0 Å². The largest absolute Gasteiger partial charge is 0.313 e. The highest BCUT2D eigenvalue weighted by atomic mass is 16.2. The fraction of sp³-hybridized carbons (Fsp3) is 0.391. The van der Waals surface area contributed by atoms with Crippen LogP contribution in [0.15, 0.2) is 60.7 Å². The summed E-state index contributed by atoms with van der Waals surface area (Å²) in [5.41, 5.74) is 1.40. The highest BCUT2D eigenvalue weighted by Gasteiger charge is 2.52. The zero-order valence-electron chi connectivity index (χ0n) is 16.7. The minimum Gasteiger partial charge on any atom is -0.313 e. The summed E-state index contributed by atoms with van der Waals surface area (Å²) in [6.45, 7) is 10.1. The van der Waals surface area contributed by atoms with Gasteiger partial charge in [0.05, 0.1) is 6.04 Å². The van der Waals surface area contributed by atoms with Crippen molar-refractivity contribution in [2.24, 2.45) is 5.41 Å². The van der Waals surface area contributed by atoms with Crippen molar-refractivity contribution in [3.63, 3.8) is 0 Å². The van der Waals surface area contributed by atoms with Gasteiger partial charge in [0.25, 0.3) is 5.91 Å². The Balaban J connectivity index is 2.04. The summed E-state index contributed by atoms with van der Waals surface area (Å²) in [6.07, 6.45) is -0.317. The van der Waals surface area contributed by atoms with Gasteiger partial charge in [-0.15, -0.1) is 0 Å². The van der Waals surface area contributed by atoms with E-state index in [9.17, 15) is 9.59 Å². The average molecular weight is 364 g/mol. The van der Waals surface area contributed by atoms with E-state index in [4.69, 9.17) is 0 Å². The molecule has 0 saturated carbocycles. The smallest absolute Gasteiger partial charge is 0.256 e. The Kier molecular flexibility index (Phi) is 5.09. The maximum absolute atomic E-state index is 13.3. The monoisotopic (exact) mass is 364 g/mol. The number of amides is 2. The number of nitrogens with zero attached hydrogens (tertiary/aromatic N) is 2. The Morgan fingerprint density at radius 2 is 1.48 bits per heavy atom. The first-order chi connectivity index (χ1) is 12.7. The van der Waals surface area contributed by atoms with Crippen molar-refractivity contribution in [3.05, 3.63) is 71.8 Å². The molecule has 1 fully saturated rings. The molecule has 0 bridgehead atoms. The molecule has 4 nitrogen and oxygen atoms in total. The highest BCUT2D eigenvalue weighted by molar-refractivity contribution is 5.99. The lowest BCUT2D eigenvalue weighted by Gasteiger charge is -2.42. The average Bonchev–Trinajstić information content (AvgIpc) is 2.93. The van der Waals surface area contributed by atoms with Crippen LogP contribution in [0.1, 0.15) is 56.6 Å². The molecule has 2 amide bonds. The predicted octanol–water partition coefficient (Wildman–Crippen LogP) is 4.49. The molecule has 1 aliphatic heterocycles. The fourth-order valence-corrected chi connectivity index (χ4v) is 3.95. The van der Waals surface area contributed by atoms with Gasteiger partial charge in [0.1, 0.15) is 12.2 Å². The SMILES string of the molecule is C[C@@H]1C(=O)N([C@@H](C)c2ccccc2)[C@@H](C(C)(C)C)N1C(=O)c1ccccc1. The summed E-state index contributed by atoms with van der Waals surface area (Å²) in [6, 6.07) is 18.6. The summed E-state index contributed by atoms with van der Waals surface area (Å²) in [7, 11) is 0. The Bertz CT molecular complexity index is 811. The summed E-state index contributed by atoms with van der Waals surface area (Å²) < 4.78 is 0. The minimum atomic E-state index is -0.493. The molecule has 142 valence electrons. The molecule has 0 aliphatic carbocycles. The van der Waals surface area contributed by atoms with E-state index in [2.05, 4.69) is 20.8 Å². The van der Waals surface area contributed by atoms with Gasteiger partial charge in [0.15, 0.2) is 0 Å². The normalized spacial score (nSPS) is 21.4. The van der Waals surface area contributed by atoms with Crippen LogP contribution in [0.2, 0.25) is 0 Å². The van der Waals surface area contributed by atoms with Gasteiger partial charge in [-0.1, -0.05) is 69.3 Å². The Labute approximate surface area is 161 Å². The van der Waals surface area contributed by atoms with E-state index in [1.165, 1.54) is 0 Å². The number of hydrogen-bond donors (Lipinski definition) is 0. The van der Waals surface area contributed by atoms with E-state index < -0.39 is 6.04 Å². The van der Waals surface area contributed by atoms with Gasteiger partial charge >= 0.3 is 0 Å². The quantitative estimate of drug-likeness (QED) is 0.805. The molecule has 0 radical (unpaired) electrons. The Morgan fingerprint density at radius 3 is 2.00 bits per heavy atom. The molecule has 1 heterocycles. The zero-order chi connectivity index (χ0) is 19.8. The Morgan fingerprint density at radius 1 is 0.963 bits per heavy atom. The minimum absolute atomic E-state index is 0.00411. The lowest BCUT2D eigenvalue weighted by atomic mass is 9.89. The van der Waals surface area contributed by atoms with Gasteiger partial charge in [0, 0.05) is 11.0 Å². The molecular formula is C23H28N2O2. The first kappa shape index (κ1) is 19.2. The summed E-state index contributed by atoms with van der Waals surface area (Å²) in [4.78, 5) is 30.2. The van der Waals surface area contributed by atoms with Crippen molar-refractivity contribution < 1.29 is 9.59 Å². The molecular weight excluding hydrogens is 336 g/mol. The van der Waals surface area contributed by atoms with Crippen molar-refractivity contribution in [2.75, 3.05) is 0 Å². The Hall–Kier alpha value is -2.62. The van der Waals surface area contributed by atoms with E-state index in [0.29, 0.717) is 5.56 Å². The molecule has 27 heavy (non-hydrogen) atoms. The predicted molar refractivity (Wildman–Crippen MR) is 107 cm³/mol. The van der Waals surface area contributed by atoms with Crippen molar-refractivity contribution in [1.82, 2.24) is 9.80 Å². The third kappa shape index (κ3) is 3.48. The molecule has 0 N–H and O–H groups in total. The first-order valence-electron chi connectivity index (χ1n) is 9.48. The summed E-state index contributed by atoms with van der Waals surface area (Å²) in [5.74, 6) is -0.102.